The summed E-state index contributed by atoms with van der Waals surface area (Å²) < 4.78 is 18.6. The molecule has 2 rings (SSSR count). The van der Waals surface area contributed by atoms with E-state index in [0.717, 1.165) is 23.8 Å². The largest absolute Gasteiger partial charge is 0.487 e. The van der Waals surface area contributed by atoms with Crippen LogP contribution in [0.2, 0.25) is 5.02 Å². The second-order valence-electron chi connectivity index (χ2n) is 4.22. The molecular weight excluding hydrogens is 320 g/mol. The van der Waals surface area contributed by atoms with Gasteiger partial charge in [-0.2, -0.15) is 0 Å². The van der Waals surface area contributed by atoms with E-state index in [0.29, 0.717) is 16.7 Å². The minimum absolute atomic E-state index is 0.137. The van der Waals surface area contributed by atoms with Crippen molar-refractivity contribution < 1.29 is 14.1 Å². The minimum atomic E-state index is -0.587. The predicted octanol–water partition coefficient (Wildman–Crippen LogP) is 4.71. The van der Waals surface area contributed by atoms with E-state index in [1.54, 1.807) is 18.2 Å². The highest BCUT2D eigenvalue weighted by atomic mass is 35.5. The molecule has 0 amide bonds. The van der Waals surface area contributed by atoms with Crippen LogP contribution in [0.5, 0.6) is 5.75 Å². The first-order chi connectivity index (χ1) is 10.0. The van der Waals surface area contributed by atoms with E-state index in [2.05, 4.69) is 0 Å². The summed E-state index contributed by atoms with van der Waals surface area (Å²) in [4.78, 5) is 10.3. The molecule has 7 heteroatoms. The Kier molecular flexibility index (Phi) is 4.98. The molecule has 0 heterocycles. The van der Waals surface area contributed by atoms with Crippen LogP contribution in [0.15, 0.2) is 36.4 Å². The first-order valence-electron chi connectivity index (χ1n) is 5.91. The smallest absolute Gasteiger partial charge is 0.276 e. The zero-order chi connectivity index (χ0) is 15.4. The van der Waals surface area contributed by atoms with Crippen LogP contribution in [0.3, 0.4) is 0 Å². The van der Waals surface area contributed by atoms with Gasteiger partial charge in [-0.3, -0.25) is 10.1 Å². The molecule has 0 bridgehead atoms. The van der Waals surface area contributed by atoms with Crippen LogP contribution in [0.4, 0.5) is 10.1 Å². The van der Waals surface area contributed by atoms with Gasteiger partial charge in [0.1, 0.15) is 18.2 Å². The van der Waals surface area contributed by atoms with Crippen LogP contribution >= 0.6 is 23.2 Å². The Bertz CT molecular complexity index is 679. The number of nitro groups is 1. The molecule has 0 unspecified atom stereocenters. The SMILES string of the molecule is O=[N+]([O-])c1ccc(F)cc1COc1ccc(CCl)cc1Cl. The van der Waals surface area contributed by atoms with Crippen LogP contribution < -0.4 is 4.74 Å². The highest BCUT2D eigenvalue weighted by molar-refractivity contribution is 6.32. The summed E-state index contributed by atoms with van der Waals surface area (Å²) in [5.41, 5.74) is 0.758. The van der Waals surface area contributed by atoms with Gasteiger partial charge in [0.15, 0.2) is 0 Å². The molecule has 0 saturated carbocycles. The summed E-state index contributed by atoms with van der Waals surface area (Å²) in [5.74, 6) is 0.0990. The predicted molar refractivity (Wildman–Crippen MR) is 78.4 cm³/mol. The maximum Gasteiger partial charge on any atom is 0.276 e. The molecule has 0 aliphatic heterocycles. The second kappa shape index (κ2) is 6.74. The lowest BCUT2D eigenvalue weighted by Gasteiger charge is -2.09. The molecule has 4 nitrogen and oxygen atoms in total. The number of hydrogen-bond acceptors (Lipinski definition) is 3. The lowest BCUT2D eigenvalue weighted by atomic mass is 10.2. The van der Waals surface area contributed by atoms with Crippen molar-refractivity contribution in [2.75, 3.05) is 0 Å². The zero-order valence-electron chi connectivity index (χ0n) is 10.7. The number of ether oxygens (including phenoxy) is 1. The van der Waals surface area contributed by atoms with Gasteiger partial charge in [-0.1, -0.05) is 17.7 Å². The van der Waals surface area contributed by atoms with Crippen molar-refractivity contribution in [2.24, 2.45) is 0 Å². The lowest BCUT2D eigenvalue weighted by Crippen LogP contribution is -2.01. The van der Waals surface area contributed by atoms with Gasteiger partial charge in [0.25, 0.3) is 5.69 Å². The van der Waals surface area contributed by atoms with Crippen molar-refractivity contribution in [3.63, 3.8) is 0 Å². The van der Waals surface area contributed by atoms with Crippen LogP contribution in [-0.2, 0) is 12.5 Å². The third-order valence-electron chi connectivity index (χ3n) is 2.77. The van der Waals surface area contributed by atoms with Gasteiger partial charge in [-0.25, -0.2) is 4.39 Å². The molecule has 2 aromatic rings. The Hall–Kier alpha value is -1.85. The summed E-state index contributed by atoms with van der Waals surface area (Å²) in [5, 5.41) is 11.2. The summed E-state index contributed by atoms with van der Waals surface area (Å²) in [6.45, 7) is -0.159. The molecule has 0 radical (unpaired) electrons. The number of hydrogen-bond donors (Lipinski definition) is 0. The normalized spacial score (nSPS) is 10.4. The van der Waals surface area contributed by atoms with Crippen molar-refractivity contribution in [3.05, 3.63) is 68.5 Å². The highest BCUT2D eigenvalue weighted by Gasteiger charge is 2.15. The standard InChI is InChI=1S/C14H10Cl2FNO3/c15-7-9-1-4-14(12(16)5-9)21-8-10-6-11(17)2-3-13(10)18(19)20/h1-6H,7-8H2. The van der Waals surface area contributed by atoms with E-state index in [4.69, 9.17) is 27.9 Å². The maximum atomic E-state index is 13.2. The topological polar surface area (TPSA) is 52.4 Å². The molecule has 110 valence electrons. The molecule has 0 aromatic heterocycles. The maximum absolute atomic E-state index is 13.2. The van der Waals surface area contributed by atoms with Gasteiger partial charge in [0.2, 0.25) is 0 Å². The molecule has 21 heavy (non-hydrogen) atoms. The monoisotopic (exact) mass is 329 g/mol. The van der Waals surface area contributed by atoms with Crippen LogP contribution in [0.25, 0.3) is 0 Å². The first-order valence-corrected chi connectivity index (χ1v) is 6.82. The Labute approximate surface area is 130 Å². The van der Waals surface area contributed by atoms with Gasteiger partial charge < -0.3 is 4.74 Å². The van der Waals surface area contributed by atoms with Crippen molar-refractivity contribution in [2.45, 2.75) is 12.5 Å². The van der Waals surface area contributed by atoms with Crippen molar-refractivity contribution >= 4 is 28.9 Å². The lowest BCUT2D eigenvalue weighted by molar-refractivity contribution is -0.385. The summed E-state index contributed by atoms with van der Waals surface area (Å²) in [7, 11) is 0. The molecule has 0 saturated heterocycles. The number of benzene rings is 2. The number of nitrogens with zero attached hydrogens (tertiary/aromatic N) is 1. The van der Waals surface area contributed by atoms with Gasteiger partial charge in [-0.05, 0) is 29.8 Å². The average Bonchev–Trinajstić information content (AvgIpc) is 2.45. The summed E-state index contributed by atoms with van der Waals surface area (Å²) in [6, 6.07) is 8.19. The fourth-order valence-electron chi connectivity index (χ4n) is 1.75. The van der Waals surface area contributed by atoms with Crippen molar-refractivity contribution in [1.82, 2.24) is 0 Å². The molecule has 0 fully saturated rings. The number of nitro benzene ring substituents is 1. The Morgan fingerprint density at radius 3 is 2.62 bits per heavy atom. The fourth-order valence-corrected chi connectivity index (χ4v) is 2.17. The van der Waals surface area contributed by atoms with Gasteiger partial charge in [0.05, 0.1) is 15.5 Å². The number of alkyl halides is 1. The quantitative estimate of drug-likeness (QED) is 0.453. The highest BCUT2D eigenvalue weighted by Crippen LogP contribution is 2.28. The number of halogens is 3. The Morgan fingerprint density at radius 2 is 2.00 bits per heavy atom. The molecule has 0 atom stereocenters. The second-order valence-corrected chi connectivity index (χ2v) is 4.89. The molecule has 0 aliphatic rings. The van der Waals surface area contributed by atoms with E-state index in [-0.39, 0.29) is 17.9 Å². The molecule has 0 N–H and O–H groups in total. The van der Waals surface area contributed by atoms with Gasteiger partial charge >= 0.3 is 0 Å². The van der Waals surface area contributed by atoms with E-state index >= 15 is 0 Å². The van der Waals surface area contributed by atoms with E-state index < -0.39 is 10.7 Å². The van der Waals surface area contributed by atoms with Crippen LogP contribution in [-0.4, -0.2) is 4.92 Å². The average molecular weight is 330 g/mol. The molecule has 0 aliphatic carbocycles. The number of rotatable bonds is 5. The van der Waals surface area contributed by atoms with E-state index in [1.165, 1.54) is 0 Å². The Morgan fingerprint density at radius 1 is 1.24 bits per heavy atom. The van der Waals surface area contributed by atoms with E-state index in [9.17, 15) is 14.5 Å². The first kappa shape index (κ1) is 15.5. The van der Waals surface area contributed by atoms with E-state index in [1.807, 2.05) is 0 Å². The van der Waals surface area contributed by atoms with Gasteiger partial charge in [-0.15, -0.1) is 11.6 Å². The third-order valence-corrected chi connectivity index (χ3v) is 3.38. The Balaban J connectivity index is 2.20. The molecule has 2 aromatic carbocycles. The minimum Gasteiger partial charge on any atom is -0.487 e. The van der Waals surface area contributed by atoms with Crippen molar-refractivity contribution in [3.8, 4) is 5.75 Å². The zero-order valence-corrected chi connectivity index (χ0v) is 12.2. The van der Waals surface area contributed by atoms with Crippen molar-refractivity contribution in [1.29, 1.82) is 0 Å². The van der Waals surface area contributed by atoms with Crippen LogP contribution in [0, 0.1) is 15.9 Å². The summed E-state index contributed by atoms with van der Waals surface area (Å²) >= 11 is 11.7. The van der Waals surface area contributed by atoms with Crippen LogP contribution in [0.1, 0.15) is 11.1 Å². The fraction of sp³-hybridized carbons (Fsp3) is 0.143. The molecule has 0 spiro atoms. The summed E-state index contributed by atoms with van der Waals surface area (Å²) in [6.07, 6.45) is 0. The third kappa shape index (κ3) is 3.83. The molecular formula is C14H10Cl2FNO3. The van der Waals surface area contributed by atoms with Gasteiger partial charge in [0, 0.05) is 11.9 Å².